The van der Waals surface area contributed by atoms with Crippen LogP contribution < -0.4 is 5.73 Å². The Balaban J connectivity index is 2.24. The Morgan fingerprint density at radius 3 is 2.95 bits per heavy atom. The maximum atomic E-state index is 12.6. The maximum Gasteiger partial charge on any atom is 0.254 e. The molecule has 2 unspecified atom stereocenters. The van der Waals surface area contributed by atoms with Gasteiger partial charge in [-0.2, -0.15) is 0 Å². The fraction of sp³-hybridized carbons (Fsp3) is 0.500. The quantitative estimate of drug-likeness (QED) is 0.894. The first-order chi connectivity index (χ1) is 9.04. The minimum absolute atomic E-state index is 0.0411. The number of amides is 1. The van der Waals surface area contributed by atoms with Crippen molar-refractivity contribution in [3.8, 4) is 0 Å². The van der Waals surface area contributed by atoms with E-state index in [4.69, 9.17) is 17.3 Å². The summed E-state index contributed by atoms with van der Waals surface area (Å²) in [6.45, 7) is 3.46. The van der Waals surface area contributed by atoms with Crippen LogP contribution in [-0.2, 0) is 0 Å². The van der Waals surface area contributed by atoms with Crippen molar-refractivity contribution in [2.45, 2.75) is 25.8 Å². The minimum atomic E-state index is 0.0411. The van der Waals surface area contributed by atoms with Gasteiger partial charge in [0.15, 0.2) is 0 Å². The zero-order chi connectivity index (χ0) is 14.0. The summed E-state index contributed by atoms with van der Waals surface area (Å²) in [5.74, 6) is 0.498. The number of hydrogen-bond acceptors (Lipinski definition) is 2. The predicted octanol–water partition coefficient (Wildman–Crippen LogP) is 3.30. The summed E-state index contributed by atoms with van der Waals surface area (Å²) in [6, 6.07) is 5.42. The topological polar surface area (TPSA) is 46.3 Å². The van der Waals surface area contributed by atoms with Crippen molar-refractivity contribution in [1.29, 1.82) is 0 Å². The van der Waals surface area contributed by atoms with Gasteiger partial charge < -0.3 is 10.6 Å². The molecule has 5 heteroatoms. The van der Waals surface area contributed by atoms with E-state index in [1.54, 1.807) is 18.2 Å². The van der Waals surface area contributed by atoms with Crippen LogP contribution in [0.4, 0.5) is 0 Å². The molecule has 0 radical (unpaired) electrons. The molecule has 1 saturated heterocycles. The third-order valence-corrected chi connectivity index (χ3v) is 5.00. The normalized spacial score (nSPS) is 23.5. The summed E-state index contributed by atoms with van der Waals surface area (Å²) >= 11 is 9.31. The molecule has 0 aromatic heterocycles. The lowest BCUT2D eigenvalue weighted by Crippen LogP contribution is -2.51. The molecule has 1 aromatic rings. The van der Waals surface area contributed by atoms with Gasteiger partial charge in [0, 0.05) is 29.2 Å². The van der Waals surface area contributed by atoms with E-state index >= 15 is 0 Å². The van der Waals surface area contributed by atoms with E-state index < -0.39 is 0 Å². The average Bonchev–Trinajstić information content (AvgIpc) is 2.40. The van der Waals surface area contributed by atoms with Gasteiger partial charge in [-0.15, -0.1) is 0 Å². The fourth-order valence-electron chi connectivity index (χ4n) is 2.66. The first-order valence-corrected chi connectivity index (χ1v) is 7.67. The first kappa shape index (κ1) is 14.8. The highest BCUT2D eigenvalue weighted by atomic mass is 79.9. The number of carbonyl (C=O) groups is 1. The van der Waals surface area contributed by atoms with Crippen molar-refractivity contribution in [2.75, 3.05) is 13.1 Å². The summed E-state index contributed by atoms with van der Waals surface area (Å²) in [6.07, 6.45) is 2.17. The molecule has 1 aromatic carbocycles. The zero-order valence-electron chi connectivity index (χ0n) is 10.9. The van der Waals surface area contributed by atoms with E-state index in [0.29, 0.717) is 23.0 Å². The highest BCUT2D eigenvalue weighted by molar-refractivity contribution is 9.10. The number of likely N-dealkylation sites (tertiary alicyclic amines) is 1. The molecule has 0 bridgehead atoms. The van der Waals surface area contributed by atoms with Gasteiger partial charge in [-0.25, -0.2) is 0 Å². The fourth-order valence-corrected chi connectivity index (χ4v) is 3.15. The lowest BCUT2D eigenvalue weighted by molar-refractivity contribution is 0.0532. The van der Waals surface area contributed by atoms with Crippen LogP contribution in [0.3, 0.4) is 0 Å². The van der Waals surface area contributed by atoms with Gasteiger partial charge >= 0.3 is 0 Å². The molecule has 0 saturated carbocycles. The number of hydrogen-bond donors (Lipinski definition) is 1. The Morgan fingerprint density at radius 1 is 1.58 bits per heavy atom. The van der Waals surface area contributed by atoms with E-state index in [1.165, 1.54) is 0 Å². The standard InChI is InChI=1S/C14H18BrClN2O/c1-9-3-2-6-18(13(9)8-17)14(19)10-4-5-12(16)11(15)7-10/h4-5,7,9,13H,2-3,6,8,17H2,1H3. The van der Waals surface area contributed by atoms with E-state index in [1.807, 2.05) is 4.90 Å². The molecular weight excluding hydrogens is 328 g/mol. The van der Waals surface area contributed by atoms with Gasteiger partial charge in [-0.1, -0.05) is 18.5 Å². The summed E-state index contributed by atoms with van der Waals surface area (Å²) in [7, 11) is 0. The van der Waals surface area contributed by atoms with Crippen molar-refractivity contribution in [3.05, 3.63) is 33.3 Å². The highest BCUT2D eigenvalue weighted by Crippen LogP contribution is 2.27. The Hall–Kier alpha value is -0.580. The SMILES string of the molecule is CC1CCCN(C(=O)c2ccc(Cl)c(Br)c2)C1CN. The van der Waals surface area contributed by atoms with Crippen LogP contribution in [0.25, 0.3) is 0 Å². The summed E-state index contributed by atoms with van der Waals surface area (Å²) in [5.41, 5.74) is 6.49. The van der Waals surface area contributed by atoms with Gasteiger partial charge in [0.2, 0.25) is 0 Å². The van der Waals surface area contributed by atoms with Crippen molar-refractivity contribution < 1.29 is 4.79 Å². The van der Waals surface area contributed by atoms with E-state index in [0.717, 1.165) is 23.9 Å². The van der Waals surface area contributed by atoms with Crippen molar-refractivity contribution in [3.63, 3.8) is 0 Å². The number of rotatable bonds is 2. The van der Waals surface area contributed by atoms with Crippen LogP contribution in [0.1, 0.15) is 30.1 Å². The molecule has 2 N–H and O–H groups in total. The van der Waals surface area contributed by atoms with Crippen molar-refractivity contribution in [1.82, 2.24) is 4.90 Å². The second kappa shape index (κ2) is 6.25. The molecule has 3 nitrogen and oxygen atoms in total. The van der Waals surface area contributed by atoms with Crippen LogP contribution in [0.5, 0.6) is 0 Å². The molecule has 1 aliphatic heterocycles. The van der Waals surface area contributed by atoms with Crippen molar-refractivity contribution >= 4 is 33.4 Å². The highest BCUT2D eigenvalue weighted by Gasteiger charge is 2.31. The largest absolute Gasteiger partial charge is 0.334 e. The van der Waals surface area contributed by atoms with Gasteiger partial charge in [0.1, 0.15) is 0 Å². The van der Waals surface area contributed by atoms with E-state index in [-0.39, 0.29) is 11.9 Å². The molecule has 1 amide bonds. The minimum Gasteiger partial charge on any atom is -0.334 e. The first-order valence-electron chi connectivity index (χ1n) is 6.50. The molecule has 0 spiro atoms. The third-order valence-electron chi connectivity index (χ3n) is 3.78. The Bertz CT molecular complexity index is 481. The van der Waals surface area contributed by atoms with Crippen LogP contribution in [0.15, 0.2) is 22.7 Å². The van der Waals surface area contributed by atoms with Gasteiger partial charge in [-0.3, -0.25) is 4.79 Å². The van der Waals surface area contributed by atoms with Crippen LogP contribution in [0, 0.1) is 5.92 Å². The molecule has 1 fully saturated rings. The Morgan fingerprint density at radius 2 is 2.32 bits per heavy atom. The molecule has 104 valence electrons. The Labute approximate surface area is 127 Å². The number of nitrogens with two attached hydrogens (primary N) is 1. The molecular formula is C14H18BrClN2O. The number of halogens is 2. The molecule has 19 heavy (non-hydrogen) atoms. The smallest absolute Gasteiger partial charge is 0.254 e. The van der Waals surface area contributed by atoms with Gasteiger partial charge in [-0.05, 0) is 52.9 Å². The summed E-state index contributed by atoms with van der Waals surface area (Å²) in [5, 5.41) is 0.610. The lowest BCUT2D eigenvalue weighted by Gasteiger charge is -2.39. The van der Waals surface area contributed by atoms with Crippen LogP contribution in [-0.4, -0.2) is 29.9 Å². The Kier molecular flexibility index (Phi) is 4.87. The number of piperidine rings is 1. The lowest BCUT2D eigenvalue weighted by atomic mass is 9.90. The molecule has 2 atom stereocenters. The maximum absolute atomic E-state index is 12.6. The molecule has 1 heterocycles. The summed E-state index contributed by atoms with van der Waals surface area (Å²) < 4.78 is 0.745. The predicted molar refractivity (Wildman–Crippen MR) is 81.4 cm³/mol. The molecule has 2 rings (SSSR count). The van der Waals surface area contributed by atoms with E-state index in [2.05, 4.69) is 22.9 Å². The zero-order valence-corrected chi connectivity index (χ0v) is 13.2. The summed E-state index contributed by atoms with van der Waals surface area (Å²) in [4.78, 5) is 14.5. The third kappa shape index (κ3) is 3.12. The molecule has 1 aliphatic rings. The second-order valence-electron chi connectivity index (χ2n) is 5.05. The average molecular weight is 346 g/mol. The van der Waals surface area contributed by atoms with Gasteiger partial charge in [0.25, 0.3) is 5.91 Å². The molecule has 0 aliphatic carbocycles. The number of nitrogens with zero attached hydrogens (tertiary/aromatic N) is 1. The second-order valence-corrected chi connectivity index (χ2v) is 6.31. The number of benzene rings is 1. The van der Waals surface area contributed by atoms with E-state index in [9.17, 15) is 4.79 Å². The monoisotopic (exact) mass is 344 g/mol. The van der Waals surface area contributed by atoms with Crippen molar-refractivity contribution in [2.24, 2.45) is 11.7 Å². The van der Waals surface area contributed by atoms with Crippen LogP contribution in [0.2, 0.25) is 5.02 Å². The number of carbonyl (C=O) groups excluding carboxylic acids is 1. The van der Waals surface area contributed by atoms with Crippen LogP contribution >= 0.6 is 27.5 Å². The van der Waals surface area contributed by atoms with Gasteiger partial charge in [0.05, 0.1) is 5.02 Å².